The minimum atomic E-state index is -0.338. The van der Waals surface area contributed by atoms with Crippen LogP contribution in [0.1, 0.15) is 16.7 Å². The molecule has 3 heterocycles. The Balaban J connectivity index is 1.27. The van der Waals surface area contributed by atoms with Crippen molar-refractivity contribution in [1.82, 2.24) is 19.3 Å². The Morgan fingerprint density at radius 2 is 1.40 bits per heavy atom. The number of fused-ring (bicyclic) bond motifs is 3. The van der Waals surface area contributed by atoms with Gasteiger partial charge in [-0.1, -0.05) is 24.3 Å². The summed E-state index contributed by atoms with van der Waals surface area (Å²) < 4.78 is 24.6. The number of ether oxygens (including phenoxy) is 1. The van der Waals surface area contributed by atoms with E-state index in [1.54, 1.807) is 0 Å². The van der Waals surface area contributed by atoms with Crippen molar-refractivity contribution < 1.29 is 9.13 Å². The molecule has 0 saturated heterocycles. The van der Waals surface area contributed by atoms with E-state index < -0.39 is 0 Å². The van der Waals surface area contributed by atoms with E-state index >= 15 is 0 Å². The predicted octanol–water partition coefficient (Wildman–Crippen LogP) is 9.02. The van der Waals surface area contributed by atoms with Gasteiger partial charge in [-0.25, -0.2) is 14.1 Å². The summed E-state index contributed by atoms with van der Waals surface area (Å²) in [5, 5.41) is 6.89. The second kappa shape index (κ2) is 11.6. The number of rotatable bonds is 7. The molecule has 8 heteroatoms. The Morgan fingerprint density at radius 1 is 0.702 bits per heavy atom. The number of pyridine rings is 1. The molecule has 4 aromatic carbocycles. The summed E-state index contributed by atoms with van der Waals surface area (Å²) in [6, 6.07) is 24.8. The topological polar surface area (TPSA) is 51.4 Å². The SMILES string of the molecule is Cc1c(C)c(N(C)C)c(-c2cnn(-c3cccc(Oc4ccc5c6ccccc6n(-c6cc(F)ccn6)c5c4)c3)c2)c(N(C)C)c1C. The van der Waals surface area contributed by atoms with Crippen LogP contribution in [0.2, 0.25) is 0 Å². The number of hydrogen-bond acceptors (Lipinski definition) is 5. The van der Waals surface area contributed by atoms with Gasteiger partial charge < -0.3 is 14.5 Å². The van der Waals surface area contributed by atoms with E-state index in [1.807, 2.05) is 76.1 Å². The number of benzene rings is 4. The third-order valence-electron chi connectivity index (χ3n) is 8.97. The van der Waals surface area contributed by atoms with Crippen molar-refractivity contribution >= 4 is 33.2 Å². The summed E-state index contributed by atoms with van der Waals surface area (Å²) in [4.78, 5) is 8.86. The summed E-state index contributed by atoms with van der Waals surface area (Å²) in [6.45, 7) is 6.58. The highest BCUT2D eigenvalue weighted by Gasteiger charge is 2.23. The molecule has 236 valence electrons. The Morgan fingerprint density at radius 3 is 2.13 bits per heavy atom. The first kappa shape index (κ1) is 30.0. The quantitative estimate of drug-likeness (QED) is 0.177. The van der Waals surface area contributed by atoms with Crippen LogP contribution >= 0.6 is 0 Å². The highest BCUT2D eigenvalue weighted by molar-refractivity contribution is 6.09. The molecule has 0 saturated carbocycles. The lowest BCUT2D eigenvalue weighted by Crippen LogP contribution is -2.18. The summed E-state index contributed by atoms with van der Waals surface area (Å²) in [7, 11) is 8.38. The highest BCUT2D eigenvalue weighted by Crippen LogP contribution is 2.44. The molecule has 0 spiro atoms. The van der Waals surface area contributed by atoms with E-state index in [4.69, 9.17) is 9.84 Å². The molecule has 0 unspecified atom stereocenters. The number of para-hydroxylation sites is 1. The molecular weight excluding hydrogens is 587 g/mol. The molecule has 47 heavy (non-hydrogen) atoms. The summed E-state index contributed by atoms with van der Waals surface area (Å²) >= 11 is 0. The molecule has 0 fully saturated rings. The fraction of sp³-hybridized carbons (Fsp3) is 0.179. The lowest BCUT2D eigenvalue weighted by molar-refractivity contribution is 0.483. The number of halogens is 1. The molecule has 0 aliphatic heterocycles. The lowest BCUT2D eigenvalue weighted by Gasteiger charge is -2.29. The molecular formula is C39H37FN6O. The van der Waals surface area contributed by atoms with Crippen LogP contribution in [0.15, 0.2) is 97.5 Å². The van der Waals surface area contributed by atoms with Crippen LogP contribution in [0.4, 0.5) is 15.8 Å². The lowest BCUT2D eigenvalue weighted by atomic mass is 9.91. The van der Waals surface area contributed by atoms with Crippen molar-refractivity contribution in [3.63, 3.8) is 0 Å². The van der Waals surface area contributed by atoms with Crippen molar-refractivity contribution in [2.75, 3.05) is 38.0 Å². The smallest absolute Gasteiger partial charge is 0.140 e. The highest BCUT2D eigenvalue weighted by atomic mass is 19.1. The number of aromatic nitrogens is 4. The van der Waals surface area contributed by atoms with Gasteiger partial charge in [0.2, 0.25) is 0 Å². The third-order valence-corrected chi connectivity index (χ3v) is 8.97. The molecule has 0 aliphatic rings. The van der Waals surface area contributed by atoms with Crippen molar-refractivity contribution in [2.24, 2.45) is 0 Å². The Labute approximate surface area is 274 Å². The van der Waals surface area contributed by atoms with E-state index in [0.29, 0.717) is 17.3 Å². The monoisotopic (exact) mass is 624 g/mol. The number of anilines is 2. The molecule has 3 aromatic heterocycles. The molecule has 0 bridgehead atoms. The fourth-order valence-corrected chi connectivity index (χ4v) is 6.71. The van der Waals surface area contributed by atoms with Crippen LogP contribution in [-0.4, -0.2) is 47.5 Å². The first-order valence-corrected chi connectivity index (χ1v) is 15.6. The van der Waals surface area contributed by atoms with Crippen LogP contribution in [0.5, 0.6) is 11.5 Å². The van der Waals surface area contributed by atoms with E-state index in [0.717, 1.165) is 38.6 Å². The molecule has 7 aromatic rings. The van der Waals surface area contributed by atoms with Crippen LogP contribution in [0.3, 0.4) is 0 Å². The van der Waals surface area contributed by atoms with Gasteiger partial charge in [0.25, 0.3) is 0 Å². The fourth-order valence-electron chi connectivity index (χ4n) is 6.71. The Hall–Kier alpha value is -5.63. The molecule has 0 aliphatic carbocycles. The van der Waals surface area contributed by atoms with Gasteiger partial charge in [-0.15, -0.1) is 0 Å². The van der Waals surface area contributed by atoms with Gasteiger partial charge in [-0.05, 0) is 73.9 Å². The first-order valence-electron chi connectivity index (χ1n) is 15.6. The first-order chi connectivity index (χ1) is 22.6. The van der Waals surface area contributed by atoms with Crippen molar-refractivity contribution in [1.29, 1.82) is 0 Å². The van der Waals surface area contributed by atoms with Crippen molar-refractivity contribution in [3.8, 4) is 34.1 Å². The van der Waals surface area contributed by atoms with Gasteiger partial charge in [0.15, 0.2) is 0 Å². The van der Waals surface area contributed by atoms with Gasteiger partial charge in [0.1, 0.15) is 23.1 Å². The average Bonchev–Trinajstić information content (AvgIpc) is 3.66. The largest absolute Gasteiger partial charge is 0.457 e. The summed E-state index contributed by atoms with van der Waals surface area (Å²) in [5.74, 6) is 1.51. The van der Waals surface area contributed by atoms with Crippen molar-refractivity contribution in [3.05, 3.63) is 120 Å². The second-order valence-corrected chi connectivity index (χ2v) is 12.4. The maximum Gasteiger partial charge on any atom is 0.140 e. The third kappa shape index (κ3) is 5.16. The van der Waals surface area contributed by atoms with E-state index in [9.17, 15) is 4.39 Å². The van der Waals surface area contributed by atoms with Gasteiger partial charge in [-0.3, -0.25) is 4.57 Å². The molecule has 7 rings (SSSR count). The maximum absolute atomic E-state index is 14.3. The molecule has 0 N–H and O–H groups in total. The Kier molecular flexibility index (Phi) is 7.43. The standard InChI is InChI=1S/C39H37FN6O/c1-24-25(2)38(43(4)5)37(39(26(24)3)44(6)7)27-22-42-45(23-27)29-11-10-12-30(20-29)47-31-15-16-33-32-13-8-9-14-34(32)46(35(33)21-31)36-19-28(40)17-18-41-36/h8-23H,1-7H3. The van der Waals surface area contributed by atoms with Crippen LogP contribution in [-0.2, 0) is 0 Å². The minimum Gasteiger partial charge on any atom is -0.457 e. The molecule has 0 radical (unpaired) electrons. The van der Waals surface area contributed by atoms with E-state index in [2.05, 4.69) is 76.0 Å². The zero-order chi connectivity index (χ0) is 33.0. The van der Waals surface area contributed by atoms with Gasteiger partial charge in [-0.2, -0.15) is 5.10 Å². The Bertz CT molecular complexity index is 2260. The normalized spacial score (nSPS) is 11.4. The number of hydrogen-bond donors (Lipinski definition) is 0. The van der Waals surface area contributed by atoms with E-state index in [-0.39, 0.29) is 5.82 Å². The second-order valence-electron chi connectivity index (χ2n) is 12.4. The maximum atomic E-state index is 14.3. The van der Waals surface area contributed by atoms with E-state index in [1.165, 1.54) is 46.4 Å². The summed E-state index contributed by atoms with van der Waals surface area (Å²) in [6.07, 6.45) is 5.50. The van der Waals surface area contributed by atoms with Crippen LogP contribution in [0, 0.1) is 26.6 Å². The zero-order valence-electron chi connectivity index (χ0n) is 27.7. The summed E-state index contributed by atoms with van der Waals surface area (Å²) in [5.41, 5.74) is 11.1. The van der Waals surface area contributed by atoms with Gasteiger partial charge in [0.05, 0.1) is 22.9 Å². The molecule has 0 atom stereocenters. The molecule has 0 amide bonds. The van der Waals surface area contributed by atoms with Gasteiger partial charge in [0, 0.05) is 92.1 Å². The van der Waals surface area contributed by atoms with Crippen molar-refractivity contribution in [2.45, 2.75) is 20.8 Å². The van der Waals surface area contributed by atoms with Crippen LogP contribution in [0.25, 0.3) is 44.4 Å². The van der Waals surface area contributed by atoms with Gasteiger partial charge >= 0.3 is 0 Å². The zero-order valence-corrected chi connectivity index (χ0v) is 27.7. The molecule has 7 nitrogen and oxygen atoms in total. The minimum absolute atomic E-state index is 0.338. The predicted molar refractivity (Wildman–Crippen MR) is 190 cm³/mol. The number of nitrogens with zero attached hydrogens (tertiary/aromatic N) is 6. The average molecular weight is 625 g/mol. The van der Waals surface area contributed by atoms with Crippen LogP contribution < -0.4 is 14.5 Å².